The molecular formula is C15H26N2O. The molecule has 102 valence electrons. The maximum absolute atomic E-state index is 6.11. The van der Waals surface area contributed by atoms with Gasteiger partial charge in [0.2, 0.25) is 0 Å². The summed E-state index contributed by atoms with van der Waals surface area (Å²) in [7, 11) is 3.81. The summed E-state index contributed by atoms with van der Waals surface area (Å²) in [4.78, 5) is 2.29. The predicted octanol–water partition coefficient (Wildman–Crippen LogP) is 3.34. The van der Waals surface area contributed by atoms with Crippen LogP contribution in [0.3, 0.4) is 0 Å². The molecule has 3 heteroatoms. The number of anilines is 1. The quantitative estimate of drug-likeness (QED) is 0.871. The number of rotatable bonds is 5. The summed E-state index contributed by atoms with van der Waals surface area (Å²) in [6.45, 7) is 8.66. The summed E-state index contributed by atoms with van der Waals surface area (Å²) in [6, 6.07) is 6.04. The minimum atomic E-state index is -0.0498. The van der Waals surface area contributed by atoms with Crippen LogP contribution in [0.25, 0.3) is 0 Å². The van der Waals surface area contributed by atoms with E-state index < -0.39 is 0 Å². The fourth-order valence-electron chi connectivity index (χ4n) is 2.02. The first-order chi connectivity index (χ1) is 8.35. The van der Waals surface area contributed by atoms with Gasteiger partial charge in [0.05, 0.1) is 7.11 Å². The molecule has 0 aliphatic heterocycles. The Morgan fingerprint density at radius 3 is 2.44 bits per heavy atom. The van der Waals surface area contributed by atoms with Crippen molar-refractivity contribution >= 4 is 5.69 Å². The Labute approximate surface area is 111 Å². The monoisotopic (exact) mass is 250 g/mol. The highest BCUT2D eigenvalue weighted by Gasteiger charge is 2.25. The van der Waals surface area contributed by atoms with E-state index in [0.29, 0.717) is 0 Å². The van der Waals surface area contributed by atoms with Gasteiger partial charge in [-0.2, -0.15) is 0 Å². The van der Waals surface area contributed by atoms with Crippen molar-refractivity contribution in [2.45, 2.75) is 45.7 Å². The largest absolute Gasteiger partial charge is 0.496 e. The van der Waals surface area contributed by atoms with Gasteiger partial charge in [0.15, 0.2) is 0 Å². The average Bonchev–Trinajstić information content (AvgIpc) is 2.36. The maximum Gasteiger partial charge on any atom is 0.125 e. The first-order valence-electron chi connectivity index (χ1n) is 6.51. The Morgan fingerprint density at radius 1 is 1.39 bits per heavy atom. The summed E-state index contributed by atoms with van der Waals surface area (Å²) in [5, 5.41) is 0. The van der Waals surface area contributed by atoms with E-state index in [1.807, 2.05) is 19.1 Å². The zero-order valence-corrected chi connectivity index (χ0v) is 12.4. The predicted molar refractivity (Wildman–Crippen MR) is 78.4 cm³/mol. The number of hydrogen-bond donors (Lipinski definition) is 1. The summed E-state index contributed by atoms with van der Waals surface area (Å²) in [5.41, 5.74) is 8.42. The molecule has 1 aromatic rings. The van der Waals surface area contributed by atoms with Crippen molar-refractivity contribution in [3.05, 3.63) is 23.8 Å². The molecule has 18 heavy (non-hydrogen) atoms. The van der Waals surface area contributed by atoms with Gasteiger partial charge in [-0.15, -0.1) is 0 Å². The third kappa shape index (κ3) is 2.78. The Balaban J connectivity index is 3.32. The van der Waals surface area contributed by atoms with Crippen LogP contribution in [-0.2, 0) is 0 Å². The van der Waals surface area contributed by atoms with E-state index in [1.165, 1.54) is 0 Å². The van der Waals surface area contributed by atoms with Crippen molar-refractivity contribution in [2.75, 3.05) is 19.1 Å². The summed E-state index contributed by atoms with van der Waals surface area (Å²) in [6.07, 6.45) is 1.07. The van der Waals surface area contributed by atoms with Crippen LogP contribution in [0, 0.1) is 0 Å². The maximum atomic E-state index is 6.11. The van der Waals surface area contributed by atoms with E-state index in [0.717, 1.165) is 23.4 Å². The van der Waals surface area contributed by atoms with Crippen LogP contribution < -0.4 is 15.4 Å². The number of hydrogen-bond acceptors (Lipinski definition) is 3. The van der Waals surface area contributed by atoms with E-state index in [1.54, 1.807) is 7.11 Å². The number of nitrogens with zero attached hydrogens (tertiary/aromatic N) is 1. The number of methoxy groups -OCH3 is 1. The Kier molecular flexibility index (Phi) is 4.63. The topological polar surface area (TPSA) is 38.5 Å². The Morgan fingerprint density at radius 2 is 2.00 bits per heavy atom. The smallest absolute Gasteiger partial charge is 0.125 e. The second-order valence-electron chi connectivity index (χ2n) is 5.41. The van der Waals surface area contributed by atoms with Crippen LogP contribution in [0.1, 0.15) is 45.7 Å². The molecule has 0 bridgehead atoms. The van der Waals surface area contributed by atoms with Gasteiger partial charge in [0.25, 0.3) is 0 Å². The van der Waals surface area contributed by atoms with Gasteiger partial charge in [-0.25, -0.2) is 0 Å². The van der Waals surface area contributed by atoms with Gasteiger partial charge >= 0.3 is 0 Å². The van der Waals surface area contributed by atoms with Gasteiger partial charge in [-0.3, -0.25) is 0 Å². The summed E-state index contributed by atoms with van der Waals surface area (Å²) < 4.78 is 5.44. The Hall–Kier alpha value is -1.22. The molecule has 0 saturated heterocycles. The standard InChI is InChI=1S/C15H26N2O/c1-7-15(3,4)17(5)12-9-8-10-13(18-6)14(12)11(2)16/h8-11H,7,16H2,1-6H3/t11-/m1/s1. The average molecular weight is 250 g/mol. The molecule has 3 nitrogen and oxygen atoms in total. The van der Waals surface area contributed by atoms with Gasteiger partial charge in [0, 0.05) is 29.9 Å². The normalized spacial score (nSPS) is 13.3. The summed E-state index contributed by atoms with van der Waals surface area (Å²) >= 11 is 0. The SMILES string of the molecule is CCC(C)(C)N(C)c1cccc(OC)c1[C@@H](C)N. The molecule has 0 fully saturated rings. The molecule has 0 unspecified atom stereocenters. The molecule has 0 aliphatic rings. The minimum Gasteiger partial charge on any atom is -0.496 e. The first kappa shape index (κ1) is 14.8. The lowest BCUT2D eigenvalue weighted by Crippen LogP contribution is -2.41. The van der Waals surface area contributed by atoms with Gasteiger partial charge in [0.1, 0.15) is 5.75 Å². The fourth-order valence-corrected chi connectivity index (χ4v) is 2.02. The van der Waals surface area contributed by atoms with Crippen LogP contribution in [-0.4, -0.2) is 19.7 Å². The molecule has 1 atom stereocenters. The second-order valence-corrected chi connectivity index (χ2v) is 5.41. The number of benzene rings is 1. The Bertz CT molecular complexity index is 399. The van der Waals surface area contributed by atoms with E-state index in [9.17, 15) is 0 Å². The van der Waals surface area contributed by atoms with Crippen molar-refractivity contribution in [1.29, 1.82) is 0 Å². The molecule has 1 rings (SSSR count). The van der Waals surface area contributed by atoms with E-state index in [4.69, 9.17) is 10.5 Å². The molecule has 1 aromatic carbocycles. The van der Waals surface area contributed by atoms with E-state index in [-0.39, 0.29) is 11.6 Å². The zero-order valence-electron chi connectivity index (χ0n) is 12.4. The van der Waals surface area contributed by atoms with Gasteiger partial charge < -0.3 is 15.4 Å². The molecule has 2 N–H and O–H groups in total. The third-order valence-electron chi connectivity index (χ3n) is 3.85. The zero-order chi connectivity index (χ0) is 13.9. The highest BCUT2D eigenvalue weighted by atomic mass is 16.5. The molecule has 0 amide bonds. The van der Waals surface area contributed by atoms with Crippen molar-refractivity contribution in [3.8, 4) is 5.75 Å². The van der Waals surface area contributed by atoms with E-state index >= 15 is 0 Å². The van der Waals surface area contributed by atoms with Crippen LogP contribution in [0.4, 0.5) is 5.69 Å². The first-order valence-corrected chi connectivity index (χ1v) is 6.51. The van der Waals surface area contributed by atoms with Crippen molar-refractivity contribution in [2.24, 2.45) is 5.73 Å². The molecular weight excluding hydrogens is 224 g/mol. The van der Waals surface area contributed by atoms with Gasteiger partial charge in [-0.05, 0) is 39.3 Å². The molecule has 0 radical (unpaired) electrons. The molecule has 0 saturated carbocycles. The molecule has 0 aliphatic carbocycles. The van der Waals surface area contributed by atoms with E-state index in [2.05, 4.69) is 38.8 Å². The third-order valence-corrected chi connectivity index (χ3v) is 3.85. The highest BCUT2D eigenvalue weighted by Crippen LogP contribution is 2.36. The molecule has 0 heterocycles. The lowest BCUT2D eigenvalue weighted by molar-refractivity contribution is 0.405. The fraction of sp³-hybridized carbons (Fsp3) is 0.600. The number of ether oxygens (including phenoxy) is 1. The second kappa shape index (κ2) is 5.61. The van der Waals surface area contributed by atoms with Gasteiger partial charge in [-0.1, -0.05) is 13.0 Å². The minimum absolute atomic E-state index is 0.0498. The van der Waals surface area contributed by atoms with Crippen LogP contribution in [0.5, 0.6) is 5.75 Å². The highest BCUT2D eigenvalue weighted by molar-refractivity contribution is 5.61. The molecule has 0 aromatic heterocycles. The van der Waals surface area contributed by atoms with Crippen molar-refractivity contribution in [3.63, 3.8) is 0 Å². The van der Waals surface area contributed by atoms with Crippen LogP contribution in [0.2, 0.25) is 0 Å². The number of nitrogens with two attached hydrogens (primary N) is 1. The van der Waals surface area contributed by atoms with Crippen molar-refractivity contribution in [1.82, 2.24) is 0 Å². The molecule has 0 spiro atoms. The lowest BCUT2D eigenvalue weighted by Gasteiger charge is -2.38. The lowest BCUT2D eigenvalue weighted by atomic mass is 9.96. The van der Waals surface area contributed by atoms with Crippen LogP contribution >= 0.6 is 0 Å². The van der Waals surface area contributed by atoms with Crippen LogP contribution in [0.15, 0.2) is 18.2 Å². The summed E-state index contributed by atoms with van der Waals surface area (Å²) in [5.74, 6) is 0.862. The van der Waals surface area contributed by atoms with Crippen molar-refractivity contribution < 1.29 is 4.74 Å².